The van der Waals surface area contributed by atoms with Gasteiger partial charge in [0.25, 0.3) is 0 Å². The number of hydrogen-bond donors (Lipinski definition) is 1. The first-order chi connectivity index (χ1) is 9.11. The van der Waals surface area contributed by atoms with E-state index in [1.165, 1.54) is 12.1 Å². The Morgan fingerprint density at radius 1 is 1.53 bits per heavy atom. The number of aromatic nitrogens is 2. The van der Waals surface area contributed by atoms with Crippen LogP contribution in [0.25, 0.3) is 0 Å². The van der Waals surface area contributed by atoms with Gasteiger partial charge in [-0.3, -0.25) is 4.68 Å². The Balaban J connectivity index is 1.79. The van der Waals surface area contributed by atoms with Gasteiger partial charge in [0, 0.05) is 50.0 Å². The second-order valence-corrected chi connectivity index (χ2v) is 5.74. The van der Waals surface area contributed by atoms with Gasteiger partial charge >= 0.3 is 0 Å². The quantitative estimate of drug-likeness (QED) is 0.821. The molecule has 1 N–H and O–H groups in total. The largest absolute Gasteiger partial charge is 0.378 e. The molecule has 1 aromatic rings. The second kappa shape index (κ2) is 6.06. The molecule has 1 heterocycles. The van der Waals surface area contributed by atoms with Crippen LogP contribution in [0.15, 0.2) is 12.3 Å². The van der Waals surface area contributed by atoms with E-state index in [4.69, 9.17) is 4.74 Å². The lowest BCUT2D eigenvalue weighted by atomic mass is 9.61. The van der Waals surface area contributed by atoms with Gasteiger partial charge in [0.05, 0.1) is 6.10 Å². The first-order valence-electron chi connectivity index (χ1n) is 7.43. The predicted molar refractivity (Wildman–Crippen MR) is 77.1 cm³/mol. The molecule has 1 aliphatic carbocycles. The summed E-state index contributed by atoms with van der Waals surface area (Å²) in [6.07, 6.45) is 5.63. The maximum atomic E-state index is 5.83. The minimum atomic E-state index is 0.294. The molecule has 3 unspecified atom stereocenters. The van der Waals surface area contributed by atoms with Crippen molar-refractivity contribution in [1.82, 2.24) is 15.1 Å². The number of rotatable bonds is 7. The predicted octanol–water partition coefficient (Wildman–Crippen LogP) is 2.15. The number of nitrogens with zero attached hydrogens (tertiary/aromatic N) is 2. The van der Waals surface area contributed by atoms with E-state index in [9.17, 15) is 0 Å². The minimum Gasteiger partial charge on any atom is -0.378 e. The third-order valence-corrected chi connectivity index (χ3v) is 4.81. The van der Waals surface area contributed by atoms with Crippen molar-refractivity contribution < 1.29 is 4.74 Å². The Hall–Kier alpha value is -0.870. The highest BCUT2D eigenvalue weighted by Crippen LogP contribution is 2.45. The molecule has 4 nitrogen and oxygen atoms in total. The van der Waals surface area contributed by atoms with E-state index in [-0.39, 0.29) is 0 Å². The van der Waals surface area contributed by atoms with Crippen molar-refractivity contribution in [3.05, 3.63) is 18.0 Å². The molecule has 1 aromatic heterocycles. The molecule has 0 aromatic carbocycles. The van der Waals surface area contributed by atoms with Gasteiger partial charge in [-0.05, 0) is 25.8 Å². The third-order valence-electron chi connectivity index (χ3n) is 4.81. The summed E-state index contributed by atoms with van der Waals surface area (Å²) >= 11 is 0. The van der Waals surface area contributed by atoms with Crippen LogP contribution in [-0.2, 0) is 18.2 Å². The molecule has 1 fully saturated rings. The first-order valence-corrected chi connectivity index (χ1v) is 7.43. The molecule has 4 heteroatoms. The molecule has 0 saturated heterocycles. The molecular weight excluding hydrogens is 238 g/mol. The lowest BCUT2D eigenvalue weighted by Gasteiger charge is -2.53. The van der Waals surface area contributed by atoms with E-state index in [0.29, 0.717) is 17.6 Å². The van der Waals surface area contributed by atoms with Crippen molar-refractivity contribution in [3.8, 4) is 0 Å². The van der Waals surface area contributed by atoms with Crippen molar-refractivity contribution in [1.29, 1.82) is 0 Å². The summed E-state index contributed by atoms with van der Waals surface area (Å²) in [5.41, 5.74) is 1.58. The van der Waals surface area contributed by atoms with Gasteiger partial charge < -0.3 is 10.1 Å². The molecule has 19 heavy (non-hydrogen) atoms. The Bertz CT molecular complexity index is 404. The lowest BCUT2D eigenvalue weighted by molar-refractivity contribution is -0.125. The standard InChI is InChI=1S/C15H27N3O/c1-5-15(3)13(11-14(15)19-6-2)16-9-7-12-8-10-17-18(12)4/h8,10,13-14,16H,5-7,9,11H2,1-4H3. The zero-order chi connectivity index (χ0) is 13.9. The number of nitrogens with one attached hydrogen (secondary N) is 1. The molecule has 3 atom stereocenters. The molecule has 0 spiro atoms. The molecule has 1 saturated carbocycles. The van der Waals surface area contributed by atoms with Gasteiger partial charge in [-0.1, -0.05) is 13.8 Å². The summed E-state index contributed by atoms with van der Waals surface area (Å²) in [6, 6.07) is 2.67. The Labute approximate surface area is 116 Å². The highest BCUT2D eigenvalue weighted by atomic mass is 16.5. The molecule has 0 radical (unpaired) electrons. The fourth-order valence-electron chi connectivity index (χ4n) is 3.09. The van der Waals surface area contributed by atoms with E-state index in [0.717, 1.165) is 26.0 Å². The van der Waals surface area contributed by atoms with Crippen LogP contribution in [0.3, 0.4) is 0 Å². The Morgan fingerprint density at radius 3 is 2.89 bits per heavy atom. The summed E-state index contributed by atoms with van der Waals surface area (Å²) < 4.78 is 7.78. The number of ether oxygens (including phenoxy) is 1. The van der Waals surface area contributed by atoms with Crippen molar-refractivity contribution >= 4 is 0 Å². The highest BCUT2D eigenvalue weighted by molar-refractivity contribution is 5.06. The topological polar surface area (TPSA) is 39.1 Å². The van der Waals surface area contributed by atoms with Crippen molar-refractivity contribution in [2.24, 2.45) is 12.5 Å². The molecule has 1 aliphatic rings. The smallest absolute Gasteiger partial charge is 0.0658 e. The van der Waals surface area contributed by atoms with Crippen LogP contribution in [0.4, 0.5) is 0 Å². The molecule has 0 aliphatic heterocycles. The Morgan fingerprint density at radius 2 is 2.32 bits per heavy atom. The molecule has 0 bridgehead atoms. The summed E-state index contributed by atoms with van der Waals surface area (Å²) in [5.74, 6) is 0. The monoisotopic (exact) mass is 265 g/mol. The molecule has 2 rings (SSSR count). The van der Waals surface area contributed by atoms with Crippen LogP contribution >= 0.6 is 0 Å². The summed E-state index contributed by atoms with van der Waals surface area (Å²) in [4.78, 5) is 0. The van der Waals surface area contributed by atoms with Crippen LogP contribution in [0.1, 0.15) is 39.3 Å². The highest BCUT2D eigenvalue weighted by Gasteiger charge is 2.50. The fourth-order valence-corrected chi connectivity index (χ4v) is 3.09. The summed E-state index contributed by atoms with van der Waals surface area (Å²) in [7, 11) is 2.00. The molecule has 0 amide bonds. The third kappa shape index (κ3) is 2.84. The number of aryl methyl sites for hydroxylation is 1. The first kappa shape index (κ1) is 14.5. The van der Waals surface area contributed by atoms with Crippen LogP contribution in [0.2, 0.25) is 0 Å². The maximum absolute atomic E-state index is 5.83. The van der Waals surface area contributed by atoms with Crippen LogP contribution < -0.4 is 5.32 Å². The SMILES string of the molecule is CCOC1CC(NCCc2ccnn2C)C1(C)CC. The van der Waals surface area contributed by atoms with Gasteiger partial charge in [-0.15, -0.1) is 0 Å². The lowest BCUT2D eigenvalue weighted by Crippen LogP contribution is -2.62. The zero-order valence-corrected chi connectivity index (χ0v) is 12.6. The Kier molecular flexibility index (Phi) is 4.63. The van der Waals surface area contributed by atoms with Crippen LogP contribution in [-0.4, -0.2) is 35.1 Å². The van der Waals surface area contributed by atoms with E-state index < -0.39 is 0 Å². The average Bonchev–Trinajstić information content (AvgIpc) is 2.81. The summed E-state index contributed by atoms with van der Waals surface area (Å²) in [5, 5.41) is 7.89. The van der Waals surface area contributed by atoms with Crippen molar-refractivity contribution in [2.45, 2.75) is 52.2 Å². The van der Waals surface area contributed by atoms with E-state index in [2.05, 4.69) is 37.3 Å². The van der Waals surface area contributed by atoms with Gasteiger partial charge in [0.2, 0.25) is 0 Å². The fraction of sp³-hybridized carbons (Fsp3) is 0.800. The molecular formula is C15H27N3O. The summed E-state index contributed by atoms with van der Waals surface area (Å²) in [6.45, 7) is 8.53. The molecule has 108 valence electrons. The van der Waals surface area contributed by atoms with Gasteiger partial charge in [-0.2, -0.15) is 5.10 Å². The number of hydrogen-bond acceptors (Lipinski definition) is 3. The van der Waals surface area contributed by atoms with Gasteiger partial charge in [0.15, 0.2) is 0 Å². The van der Waals surface area contributed by atoms with Crippen LogP contribution in [0, 0.1) is 5.41 Å². The maximum Gasteiger partial charge on any atom is 0.0658 e. The van der Waals surface area contributed by atoms with Gasteiger partial charge in [0.1, 0.15) is 0 Å². The zero-order valence-electron chi connectivity index (χ0n) is 12.6. The van der Waals surface area contributed by atoms with E-state index in [1.807, 2.05) is 17.9 Å². The van der Waals surface area contributed by atoms with Gasteiger partial charge in [-0.25, -0.2) is 0 Å². The van der Waals surface area contributed by atoms with Crippen molar-refractivity contribution in [2.75, 3.05) is 13.2 Å². The normalized spacial score (nSPS) is 30.3. The van der Waals surface area contributed by atoms with E-state index >= 15 is 0 Å². The van der Waals surface area contributed by atoms with Crippen molar-refractivity contribution in [3.63, 3.8) is 0 Å². The van der Waals surface area contributed by atoms with E-state index in [1.54, 1.807) is 0 Å². The minimum absolute atomic E-state index is 0.294. The average molecular weight is 265 g/mol. The van der Waals surface area contributed by atoms with Crippen LogP contribution in [0.5, 0.6) is 0 Å². The second-order valence-electron chi connectivity index (χ2n) is 5.74.